The third kappa shape index (κ3) is 1.28. The zero-order valence-corrected chi connectivity index (χ0v) is 8.68. The summed E-state index contributed by atoms with van der Waals surface area (Å²) >= 11 is 0. The summed E-state index contributed by atoms with van der Waals surface area (Å²) in [5, 5.41) is 0. The average Bonchev–Trinajstić information content (AvgIpc) is 2.42. The van der Waals surface area contributed by atoms with Crippen molar-refractivity contribution in [1.82, 2.24) is 4.98 Å². The summed E-state index contributed by atoms with van der Waals surface area (Å²) in [6, 6.07) is 1.96. The van der Waals surface area contributed by atoms with Crippen molar-refractivity contribution in [3.05, 3.63) is 33.2 Å². The molecule has 1 aromatic heterocycles. The molecule has 0 bridgehead atoms. The highest BCUT2D eigenvalue weighted by molar-refractivity contribution is 5.34. The van der Waals surface area contributed by atoms with Crippen molar-refractivity contribution in [2.75, 3.05) is 0 Å². The maximum absolute atomic E-state index is 11.6. The first-order valence-corrected chi connectivity index (χ1v) is 5.00. The van der Waals surface area contributed by atoms with E-state index in [4.69, 9.17) is 5.73 Å². The Labute approximate surface area is 83.3 Å². The van der Waals surface area contributed by atoms with E-state index >= 15 is 0 Å². The number of aromatic amines is 1. The van der Waals surface area contributed by atoms with Crippen LogP contribution in [0.5, 0.6) is 0 Å². The van der Waals surface area contributed by atoms with Gasteiger partial charge in [0, 0.05) is 23.2 Å². The number of hydrogen-bond donors (Lipinski definition) is 2. The first-order valence-electron chi connectivity index (χ1n) is 5.00. The van der Waals surface area contributed by atoms with E-state index in [1.807, 2.05) is 6.07 Å². The Kier molecular flexibility index (Phi) is 2.00. The molecule has 0 radical (unpaired) electrons. The Balaban J connectivity index is 2.61. The minimum atomic E-state index is -0.0266. The van der Waals surface area contributed by atoms with Gasteiger partial charge in [-0.3, -0.25) is 4.79 Å². The van der Waals surface area contributed by atoms with Gasteiger partial charge in [-0.2, -0.15) is 0 Å². The van der Waals surface area contributed by atoms with Crippen LogP contribution in [-0.4, -0.2) is 4.98 Å². The molecule has 1 aliphatic carbocycles. The number of pyridine rings is 1. The van der Waals surface area contributed by atoms with Crippen molar-refractivity contribution < 1.29 is 0 Å². The van der Waals surface area contributed by atoms with E-state index in [0.29, 0.717) is 12.1 Å². The molecule has 0 saturated carbocycles. The molecular formula is C11H16N2O. The van der Waals surface area contributed by atoms with E-state index in [1.54, 1.807) is 0 Å². The molecule has 3 N–H and O–H groups in total. The molecule has 0 fully saturated rings. The molecule has 0 atom stereocenters. The zero-order chi connectivity index (χ0) is 10.3. The molecule has 14 heavy (non-hydrogen) atoms. The Morgan fingerprint density at radius 1 is 1.57 bits per heavy atom. The van der Waals surface area contributed by atoms with Crippen LogP contribution in [0.3, 0.4) is 0 Å². The van der Waals surface area contributed by atoms with Crippen molar-refractivity contribution in [1.29, 1.82) is 0 Å². The third-order valence-electron chi connectivity index (χ3n) is 3.12. The van der Waals surface area contributed by atoms with Crippen LogP contribution in [-0.2, 0) is 18.4 Å². The molecule has 2 rings (SSSR count). The predicted octanol–water partition coefficient (Wildman–Crippen LogP) is 1.06. The van der Waals surface area contributed by atoms with Gasteiger partial charge in [0.25, 0.3) is 5.56 Å². The van der Waals surface area contributed by atoms with Crippen LogP contribution >= 0.6 is 0 Å². The summed E-state index contributed by atoms with van der Waals surface area (Å²) < 4.78 is 0. The topological polar surface area (TPSA) is 58.9 Å². The fourth-order valence-corrected chi connectivity index (χ4v) is 2.15. The lowest BCUT2D eigenvalue weighted by Crippen LogP contribution is -2.22. The normalized spacial score (nSPS) is 18.2. The minimum absolute atomic E-state index is 0.0266. The molecule has 0 spiro atoms. The molecule has 1 heterocycles. The number of H-pyrrole nitrogens is 1. The summed E-state index contributed by atoms with van der Waals surface area (Å²) in [7, 11) is 0. The van der Waals surface area contributed by atoms with Crippen LogP contribution in [0.15, 0.2) is 10.9 Å². The maximum atomic E-state index is 11.6. The molecule has 0 aliphatic heterocycles. The number of aryl methyl sites for hydroxylation is 1. The molecule has 0 unspecified atom stereocenters. The summed E-state index contributed by atoms with van der Waals surface area (Å²) in [6.45, 7) is 4.65. The van der Waals surface area contributed by atoms with Gasteiger partial charge in [0.15, 0.2) is 0 Å². The van der Waals surface area contributed by atoms with Crippen molar-refractivity contribution in [2.45, 2.75) is 38.6 Å². The van der Waals surface area contributed by atoms with E-state index in [0.717, 1.165) is 18.5 Å². The van der Waals surface area contributed by atoms with Gasteiger partial charge in [0.1, 0.15) is 0 Å². The number of rotatable bonds is 1. The molecular weight excluding hydrogens is 176 g/mol. The van der Waals surface area contributed by atoms with E-state index in [1.165, 1.54) is 5.56 Å². The molecule has 3 nitrogen and oxygen atoms in total. The Morgan fingerprint density at radius 2 is 2.29 bits per heavy atom. The number of nitrogens with two attached hydrogens (primary N) is 1. The van der Waals surface area contributed by atoms with Crippen molar-refractivity contribution in [2.24, 2.45) is 5.73 Å². The second-order valence-corrected chi connectivity index (χ2v) is 4.61. The van der Waals surface area contributed by atoms with E-state index in [9.17, 15) is 4.79 Å². The minimum Gasteiger partial charge on any atom is -0.326 e. The Morgan fingerprint density at radius 3 is 2.93 bits per heavy atom. The molecule has 3 heteroatoms. The largest absolute Gasteiger partial charge is 0.326 e. The highest BCUT2D eigenvalue weighted by atomic mass is 16.1. The first kappa shape index (κ1) is 9.46. The molecule has 0 aromatic carbocycles. The van der Waals surface area contributed by atoms with Crippen molar-refractivity contribution in [3.63, 3.8) is 0 Å². The van der Waals surface area contributed by atoms with Crippen LogP contribution in [0.25, 0.3) is 0 Å². The summed E-state index contributed by atoms with van der Waals surface area (Å²) in [5.74, 6) is 0. The van der Waals surface area contributed by atoms with Crippen LogP contribution in [0.1, 0.15) is 37.1 Å². The van der Waals surface area contributed by atoms with Gasteiger partial charge in [0.2, 0.25) is 0 Å². The van der Waals surface area contributed by atoms with Crippen molar-refractivity contribution in [3.8, 4) is 0 Å². The van der Waals surface area contributed by atoms with Gasteiger partial charge in [-0.25, -0.2) is 0 Å². The number of nitrogens with one attached hydrogen (secondary N) is 1. The zero-order valence-electron chi connectivity index (χ0n) is 8.68. The van der Waals surface area contributed by atoms with Gasteiger partial charge >= 0.3 is 0 Å². The van der Waals surface area contributed by atoms with Crippen molar-refractivity contribution >= 4 is 0 Å². The van der Waals surface area contributed by atoms with Gasteiger partial charge in [-0.05, 0) is 24.5 Å². The van der Waals surface area contributed by atoms with Crippen LogP contribution in [0.2, 0.25) is 0 Å². The van der Waals surface area contributed by atoms with Gasteiger partial charge in [-0.1, -0.05) is 13.8 Å². The molecule has 1 aliphatic rings. The summed E-state index contributed by atoms with van der Waals surface area (Å²) in [6.07, 6.45) is 2.15. The number of aromatic nitrogens is 1. The lowest BCUT2D eigenvalue weighted by molar-refractivity contribution is 0.508. The van der Waals surface area contributed by atoms with Crippen LogP contribution in [0, 0.1) is 0 Å². The Hall–Kier alpha value is -1.09. The standard InChI is InChI=1S/C11H16N2O/c1-11(2)4-3-7-5-8(6-12)10(14)13-9(7)11/h5H,3-4,6,12H2,1-2H3,(H,13,14). The number of hydrogen-bond acceptors (Lipinski definition) is 2. The van der Waals surface area contributed by atoms with E-state index in [2.05, 4.69) is 18.8 Å². The van der Waals surface area contributed by atoms with Gasteiger partial charge < -0.3 is 10.7 Å². The van der Waals surface area contributed by atoms with E-state index < -0.39 is 0 Å². The fraction of sp³-hybridized carbons (Fsp3) is 0.545. The Bertz CT molecular complexity index is 418. The summed E-state index contributed by atoms with van der Waals surface area (Å²) in [5.41, 5.74) is 8.63. The fourth-order valence-electron chi connectivity index (χ4n) is 2.15. The molecule has 0 amide bonds. The predicted molar refractivity (Wildman–Crippen MR) is 56.3 cm³/mol. The first-order chi connectivity index (χ1) is 6.54. The van der Waals surface area contributed by atoms with Crippen LogP contribution < -0.4 is 11.3 Å². The SMILES string of the molecule is CC1(C)CCc2cc(CN)c(=O)[nH]c21. The third-order valence-corrected chi connectivity index (χ3v) is 3.12. The van der Waals surface area contributed by atoms with Gasteiger partial charge in [0.05, 0.1) is 0 Å². The average molecular weight is 192 g/mol. The second-order valence-electron chi connectivity index (χ2n) is 4.61. The molecule has 76 valence electrons. The lowest BCUT2D eigenvalue weighted by atomic mass is 9.90. The summed E-state index contributed by atoms with van der Waals surface area (Å²) in [4.78, 5) is 14.5. The second kappa shape index (κ2) is 2.95. The quantitative estimate of drug-likeness (QED) is 0.699. The number of fused-ring (bicyclic) bond motifs is 1. The molecule has 1 aromatic rings. The highest BCUT2D eigenvalue weighted by Gasteiger charge is 2.31. The monoisotopic (exact) mass is 192 g/mol. The molecule has 0 saturated heterocycles. The smallest absolute Gasteiger partial charge is 0.252 e. The maximum Gasteiger partial charge on any atom is 0.252 e. The lowest BCUT2D eigenvalue weighted by Gasteiger charge is -2.18. The van der Waals surface area contributed by atoms with Gasteiger partial charge in [-0.15, -0.1) is 0 Å². The van der Waals surface area contributed by atoms with Crippen LogP contribution in [0.4, 0.5) is 0 Å². The highest BCUT2D eigenvalue weighted by Crippen LogP contribution is 2.35. The van der Waals surface area contributed by atoms with E-state index in [-0.39, 0.29) is 11.0 Å².